The van der Waals surface area contributed by atoms with Crippen molar-refractivity contribution in [2.75, 3.05) is 38.7 Å². The summed E-state index contributed by atoms with van der Waals surface area (Å²) in [6, 6.07) is 0.803. The topological polar surface area (TPSA) is 15.3 Å². The molecule has 1 fully saturated rings. The maximum Gasteiger partial charge on any atom is 0.0166 e. The minimum Gasteiger partial charge on any atom is -0.313 e. The van der Waals surface area contributed by atoms with Crippen molar-refractivity contribution in [3.63, 3.8) is 0 Å². The third-order valence-electron chi connectivity index (χ3n) is 2.14. The number of nitrogens with zero attached hydrogens (tertiary/aromatic N) is 1. The van der Waals surface area contributed by atoms with Crippen molar-refractivity contribution in [2.24, 2.45) is 0 Å². The largest absolute Gasteiger partial charge is 0.313 e. The van der Waals surface area contributed by atoms with Crippen LogP contribution in [-0.2, 0) is 0 Å². The number of hydrogen-bond acceptors (Lipinski definition) is 3. The molecule has 0 aliphatic carbocycles. The summed E-state index contributed by atoms with van der Waals surface area (Å²) < 4.78 is 0. The predicted molar refractivity (Wildman–Crippen MR) is 56.9 cm³/mol. The Balaban J connectivity index is 1.88. The van der Waals surface area contributed by atoms with E-state index in [-0.39, 0.29) is 0 Å². The van der Waals surface area contributed by atoms with E-state index in [0.29, 0.717) is 0 Å². The lowest BCUT2D eigenvalue weighted by Crippen LogP contribution is -2.31. The van der Waals surface area contributed by atoms with Crippen LogP contribution in [0.2, 0.25) is 0 Å². The van der Waals surface area contributed by atoms with Gasteiger partial charge in [-0.2, -0.15) is 11.8 Å². The Kier molecular flexibility index (Phi) is 5.04. The molecule has 72 valence electrons. The third kappa shape index (κ3) is 4.33. The van der Waals surface area contributed by atoms with Gasteiger partial charge in [-0.05, 0) is 45.8 Å². The minimum absolute atomic E-state index is 0.803. The first-order valence-electron chi connectivity index (χ1n) is 4.75. The van der Waals surface area contributed by atoms with Gasteiger partial charge in [0.05, 0.1) is 0 Å². The van der Waals surface area contributed by atoms with E-state index >= 15 is 0 Å². The van der Waals surface area contributed by atoms with E-state index in [1.807, 2.05) is 0 Å². The number of nitrogens with one attached hydrogen (secondary N) is 1. The van der Waals surface area contributed by atoms with Crippen molar-refractivity contribution in [1.29, 1.82) is 0 Å². The van der Waals surface area contributed by atoms with E-state index in [4.69, 9.17) is 0 Å². The molecule has 0 saturated carbocycles. The first kappa shape index (κ1) is 10.4. The van der Waals surface area contributed by atoms with E-state index in [2.05, 4.69) is 36.1 Å². The van der Waals surface area contributed by atoms with Crippen LogP contribution in [0.5, 0.6) is 0 Å². The molecule has 0 spiro atoms. The fraction of sp³-hybridized carbons (Fsp3) is 1.00. The molecule has 1 N–H and O–H groups in total. The highest BCUT2D eigenvalue weighted by Crippen LogP contribution is 2.16. The molecular weight excluding hydrogens is 168 g/mol. The maximum atomic E-state index is 3.59. The van der Waals surface area contributed by atoms with Crippen molar-refractivity contribution in [1.82, 2.24) is 10.2 Å². The van der Waals surface area contributed by atoms with Gasteiger partial charge in [-0.3, -0.25) is 0 Å². The predicted octanol–water partition coefficient (Wildman–Crippen LogP) is 1.03. The molecule has 1 aliphatic heterocycles. The highest BCUT2D eigenvalue weighted by molar-refractivity contribution is 7.99. The number of thioether (sulfide) groups is 1. The van der Waals surface area contributed by atoms with Crippen LogP contribution >= 0.6 is 11.8 Å². The smallest absolute Gasteiger partial charge is 0.0166 e. The Hall–Kier alpha value is 0.270. The molecule has 0 unspecified atom stereocenters. The van der Waals surface area contributed by atoms with E-state index in [1.54, 1.807) is 0 Å². The van der Waals surface area contributed by atoms with Gasteiger partial charge in [0.25, 0.3) is 0 Å². The molecule has 0 radical (unpaired) electrons. The molecule has 1 rings (SSSR count). The van der Waals surface area contributed by atoms with Crippen molar-refractivity contribution in [3.05, 3.63) is 0 Å². The summed E-state index contributed by atoms with van der Waals surface area (Å²) in [6.45, 7) is 2.39. The van der Waals surface area contributed by atoms with Gasteiger partial charge >= 0.3 is 0 Å². The lowest BCUT2D eigenvalue weighted by molar-refractivity contribution is 0.388. The summed E-state index contributed by atoms with van der Waals surface area (Å²) in [6.07, 6.45) is 2.64. The third-order valence-corrected chi connectivity index (χ3v) is 3.31. The Morgan fingerprint density at radius 3 is 2.92 bits per heavy atom. The Labute approximate surface area is 80.1 Å². The van der Waals surface area contributed by atoms with Gasteiger partial charge in [0, 0.05) is 11.8 Å². The fourth-order valence-corrected chi connectivity index (χ4v) is 2.58. The molecule has 1 aliphatic rings. The Morgan fingerprint density at radius 1 is 1.50 bits per heavy atom. The summed E-state index contributed by atoms with van der Waals surface area (Å²) in [5.74, 6) is 2.67. The molecule has 0 bridgehead atoms. The molecular formula is C9H20N2S. The van der Waals surface area contributed by atoms with Crippen LogP contribution in [0, 0.1) is 0 Å². The number of rotatable bonds is 5. The zero-order valence-electron chi connectivity index (χ0n) is 8.18. The summed E-state index contributed by atoms with van der Waals surface area (Å²) in [5.41, 5.74) is 0. The maximum absolute atomic E-state index is 3.59. The summed E-state index contributed by atoms with van der Waals surface area (Å²) in [5, 5.41) is 3.59. The molecule has 0 aromatic rings. The standard InChI is InChI=1S/C9H20N2S/c1-11(2)6-3-5-10-9-4-7-12-8-9/h9-10H,3-8H2,1-2H3/t9-/m1/s1. The average molecular weight is 188 g/mol. The molecule has 0 amide bonds. The van der Waals surface area contributed by atoms with Crippen LogP contribution in [0.25, 0.3) is 0 Å². The monoisotopic (exact) mass is 188 g/mol. The van der Waals surface area contributed by atoms with Crippen molar-refractivity contribution < 1.29 is 0 Å². The molecule has 0 aromatic heterocycles. The van der Waals surface area contributed by atoms with Crippen LogP contribution in [0.15, 0.2) is 0 Å². The molecule has 0 aromatic carbocycles. The SMILES string of the molecule is CN(C)CCCN[C@@H]1CCSC1. The Bertz CT molecular complexity index is 111. The van der Waals surface area contributed by atoms with Crippen molar-refractivity contribution in [2.45, 2.75) is 18.9 Å². The van der Waals surface area contributed by atoms with Crippen molar-refractivity contribution in [3.8, 4) is 0 Å². The molecule has 1 atom stereocenters. The van der Waals surface area contributed by atoms with Gasteiger partial charge in [-0.1, -0.05) is 0 Å². The normalized spacial score (nSPS) is 23.8. The molecule has 2 nitrogen and oxygen atoms in total. The van der Waals surface area contributed by atoms with Crippen LogP contribution in [0.3, 0.4) is 0 Å². The second-order valence-electron chi connectivity index (χ2n) is 3.67. The van der Waals surface area contributed by atoms with Crippen molar-refractivity contribution >= 4 is 11.8 Å². The summed E-state index contributed by atoms with van der Waals surface area (Å²) in [7, 11) is 4.26. The van der Waals surface area contributed by atoms with Crippen LogP contribution in [0.1, 0.15) is 12.8 Å². The van der Waals surface area contributed by atoms with Crippen LogP contribution in [0.4, 0.5) is 0 Å². The molecule has 12 heavy (non-hydrogen) atoms. The van der Waals surface area contributed by atoms with E-state index in [0.717, 1.165) is 6.04 Å². The Morgan fingerprint density at radius 2 is 2.33 bits per heavy atom. The fourth-order valence-electron chi connectivity index (χ4n) is 1.40. The lowest BCUT2D eigenvalue weighted by Gasteiger charge is -2.13. The van der Waals surface area contributed by atoms with Crippen LogP contribution in [-0.4, -0.2) is 49.6 Å². The highest BCUT2D eigenvalue weighted by Gasteiger charge is 2.13. The van der Waals surface area contributed by atoms with Gasteiger partial charge < -0.3 is 10.2 Å². The van der Waals surface area contributed by atoms with Gasteiger partial charge in [0.1, 0.15) is 0 Å². The van der Waals surface area contributed by atoms with Gasteiger partial charge in [0.2, 0.25) is 0 Å². The van der Waals surface area contributed by atoms with E-state index < -0.39 is 0 Å². The van der Waals surface area contributed by atoms with Gasteiger partial charge in [-0.15, -0.1) is 0 Å². The molecule has 1 saturated heterocycles. The lowest BCUT2D eigenvalue weighted by atomic mass is 10.2. The summed E-state index contributed by atoms with van der Waals surface area (Å²) in [4.78, 5) is 2.24. The highest BCUT2D eigenvalue weighted by atomic mass is 32.2. The first-order valence-corrected chi connectivity index (χ1v) is 5.90. The quantitative estimate of drug-likeness (QED) is 0.649. The second-order valence-corrected chi connectivity index (χ2v) is 4.82. The number of hydrogen-bond donors (Lipinski definition) is 1. The van der Waals surface area contributed by atoms with Crippen LogP contribution < -0.4 is 5.32 Å². The van der Waals surface area contributed by atoms with E-state index in [1.165, 1.54) is 37.4 Å². The second kappa shape index (κ2) is 5.84. The first-order chi connectivity index (χ1) is 5.79. The van der Waals surface area contributed by atoms with Gasteiger partial charge in [-0.25, -0.2) is 0 Å². The van der Waals surface area contributed by atoms with E-state index in [9.17, 15) is 0 Å². The minimum atomic E-state index is 0.803. The summed E-state index contributed by atoms with van der Waals surface area (Å²) >= 11 is 2.07. The van der Waals surface area contributed by atoms with Gasteiger partial charge in [0.15, 0.2) is 0 Å². The average Bonchev–Trinajstić information content (AvgIpc) is 2.49. The molecule has 1 heterocycles. The molecule has 3 heteroatoms. The zero-order valence-corrected chi connectivity index (χ0v) is 8.99. The zero-order chi connectivity index (χ0) is 8.81.